The summed E-state index contributed by atoms with van der Waals surface area (Å²) in [5.41, 5.74) is 0.873. The molecule has 0 bridgehead atoms. The van der Waals surface area contributed by atoms with Gasteiger partial charge in [-0.25, -0.2) is 4.98 Å². The Bertz CT molecular complexity index is 1010. The number of hydrogen-bond donors (Lipinski definition) is 0. The zero-order valence-corrected chi connectivity index (χ0v) is 18.3. The minimum absolute atomic E-state index is 0.000182. The van der Waals surface area contributed by atoms with Crippen LogP contribution in [0.25, 0.3) is 11.0 Å². The van der Waals surface area contributed by atoms with E-state index in [1.165, 1.54) is 37.5 Å². The zero-order valence-electron chi connectivity index (χ0n) is 16.1. The average molecular weight is 480 g/mol. The van der Waals surface area contributed by atoms with E-state index in [2.05, 4.69) is 4.98 Å². The molecule has 1 saturated heterocycles. The normalized spacial score (nSPS) is 23.4. The lowest BCUT2D eigenvalue weighted by Crippen LogP contribution is -2.40. The smallest absolute Gasteiger partial charge is 0.303 e. The predicted molar refractivity (Wildman–Crippen MR) is 106 cm³/mol. The van der Waals surface area contributed by atoms with E-state index in [0.717, 1.165) is 0 Å². The number of carbonyl (C=O) groups excluding carboxylic acids is 3. The van der Waals surface area contributed by atoms with Crippen LogP contribution >= 0.6 is 34.8 Å². The fourth-order valence-corrected chi connectivity index (χ4v) is 3.80. The minimum Gasteiger partial charge on any atom is -0.463 e. The van der Waals surface area contributed by atoms with Crippen LogP contribution in [0.15, 0.2) is 12.1 Å². The van der Waals surface area contributed by atoms with Gasteiger partial charge in [-0.3, -0.25) is 19.0 Å². The summed E-state index contributed by atoms with van der Waals surface area (Å²) in [5.74, 6) is -1.83. The summed E-state index contributed by atoms with van der Waals surface area (Å²) in [6.07, 6.45) is -4.14. The number of halogens is 3. The average Bonchev–Trinajstić information content (AvgIpc) is 3.10. The van der Waals surface area contributed by atoms with E-state index < -0.39 is 42.4 Å². The van der Waals surface area contributed by atoms with E-state index in [0.29, 0.717) is 11.0 Å². The Kier molecular flexibility index (Phi) is 6.76. The largest absolute Gasteiger partial charge is 0.463 e. The second-order valence-electron chi connectivity index (χ2n) is 6.52. The van der Waals surface area contributed by atoms with Gasteiger partial charge in [-0.1, -0.05) is 23.2 Å². The van der Waals surface area contributed by atoms with E-state index in [1.54, 1.807) is 0 Å². The van der Waals surface area contributed by atoms with Crippen LogP contribution in [0.4, 0.5) is 0 Å². The number of nitrogens with zero attached hydrogens (tertiary/aromatic N) is 2. The lowest BCUT2D eigenvalue weighted by atomic mass is 10.1. The fourth-order valence-electron chi connectivity index (χ4n) is 3.20. The number of hydrogen-bond acceptors (Lipinski definition) is 8. The van der Waals surface area contributed by atoms with Gasteiger partial charge in [0.1, 0.15) is 12.7 Å². The van der Waals surface area contributed by atoms with Gasteiger partial charge in [-0.2, -0.15) is 0 Å². The summed E-state index contributed by atoms with van der Waals surface area (Å²) in [5, 5.41) is 0.525. The van der Waals surface area contributed by atoms with Crippen molar-refractivity contribution in [2.75, 3.05) is 6.61 Å². The van der Waals surface area contributed by atoms with Crippen LogP contribution in [0.3, 0.4) is 0 Å². The van der Waals surface area contributed by atoms with Crippen molar-refractivity contribution in [1.29, 1.82) is 0 Å². The third-order valence-corrected chi connectivity index (χ3v) is 5.27. The number of benzene rings is 1. The summed E-state index contributed by atoms with van der Waals surface area (Å²) in [7, 11) is 0. The van der Waals surface area contributed by atoms with Crippen LogP contribution in [0.2, 0.25) is 15.3 Å². The lowest BCUT2D eigenvalue weighted by Gasteiger charge is -2.24. The Morgan fingerprint density at radius 3 is 2.20 bits per heavy atom. The summed E-state index contributed by atoms with van der Waals surface area (Å²) in [4.78, 5) is 38.9. The van der Waals surface area contributed by atoms with Gasteiger partial charge >= 0.3 is 17.9 Å². The van der Waals surface area contributed by atoms with Gasteiger partial charge in [0, 0.05) is 20.8 Å². The molecule has 4 atom stereocenters. The number of rotatable bonds is 5. The van der Waals surface area contributed by atoms with Crippen LogP contribution < -0.4 is 0 Å². The summed E-state index contributed by atoms with van der Waals surface area (Å²) in [6, 6.07) is 3.06. The molecule has 2 heterocycles. The molecule has 3 rings (SSSR count). The third kappa shape index (κ3) is 4.64. The molecule has 12 heteroatoms. The number of esters is 3. The molecule has 30 heavy (non-hydrogen) atoms. The number of fused-ring (bicyclic) bond motifs is 1. The van der Waals surface area contributed by atoms with E-state index >= 15 is 0 Å². The first-order valence-corrected chi connectivity index (χ1v) is 9.87. The standard InChI is InChI=1S/C18H17Cl3N2O7/c1-7(24)27-6-14-15(28-8(2)25)16(29-9(3)26)17(30-14)23-13-5-11(20)10(19)4-12(13)22-18(23)21/h4-5,14-17H,6H2,1-3H3/t14-,15+,16+,17+/m0/s1. The maximum atomic E-state index is 11.8. The Hall–Kier alpha value is -2.07. The quantitative estimate of drug-likeness (QED) is 0.475. The van der Waals surface area contributed by atoms with Gasteiger partial charge in [0.25, 0.3) is 0 Å². The highest BCUT2D eigenvalue weighted by molar-refractivity contribution is 6.42. The first-order valence-electron chi connectivity index (χ1n) is 8.74. The fraction of sp³-hybridized carbons (Fsp3) is 0.444. The van der Waals surface area contributed by atoms with Crippen molar-refractivity contribution in [2.45, 2.75) is 45.3 Å². The first kappa shape index (κ1) is 22.6. The molecule has 0 spiro atoms. The highest BCUT2D eigenvalue weighted by atomic mass is 35.5. The molecule has 0 amide bonds. The van der Waals surface area contributed by atoms with Gasteiger partial charge in [0.2, 0.25) is 5.28 Å². The zero-order chi connectivity index (χ0) is 22.2. The molecule has 1 fully saturated rings. The van der Waals surface area contributed by atoms with Crippen molar-refractivity contribution in [3.63, 3.8) is 0 Å². The maximum Gasteiger partial charge on any atom is 0.303 e. The van der Waals surface area contributed by atoms with Crippen molar-refractivity contribution >= 4 is 63.7 Å². The highest BCUT2D eigenvalue weighted by Gasteiger charge is 2.51. The number of imidazole rings is 1. The molecule has 2 aromatic rings. The van der Waals surface area contributed by atoms with Crippen LogP contribution in [-0.4, -0.2) is 52.4 Å². The molecule has 1 aliphatic rings. The van der Waals surface area contributed by atoms with Gasteiger partial charge in [0.15, 0.2) is 18.4 Å². The molecule has 0 N–H and O–H groups in total. The Balaban J connectivity index is 2.09. The minimum atomic E-state index is -1.10. The Labute approximate surface area is 186 Å². The highest BCUT2D eigenvalue weighted by Crippen LogP contribution is 2.39. The van der Waals surface area contributed by atoms with Crippen molar-refractivity contribution in [2.24, 2.45) is 0 Å². The topological polar surface area (TPSA) is 106 Å². The van der Waals surface area contributed by atoms with Gasteiger partial charge < -0.3 is 18.9 Å². The van der Waals surface area contributed by atoms with Gasteiger partial charge in [-0.15, -0.1) is 0 Å². The molecule has 0 saturated carbocycles. The molecule has 0 radical (unpaired) electrons. The van der Waals surface area contributed by atoms with Crippen LogP contribution in [-0.2, 0) is 33.3 Å². The number of ether oxygens (including phenoxy) is 4. The Morgan fingerprint density at radius 2 is 1.60 bits per heavy atom. The van der Waals surface area contributed by atoms with Crippen molar-refractivity contribution < 1.29 is 33.3 Å². The van der Waals surface area contributed by atoms with Crippen molar-refractivity contribution in [3.8, 4) is 0 Å². The lowest BCUT2D eigenvalue weighted by molar-refractivity contribution is -0.166. The molecular formula is C18H17Cl3N2O7. The molecule has 1 aliphatic heterocycles. The van der Waals surface area contributed by atoms with Gasteiger partial charge in [0.05, 0.1) is 21.1 Å². The van der Waals surface area contributed by atoms with Gasteiger partial charge in [-0.05, 0) is 23.7 Å². The maximum absolute atomic E-state index is 11.8. The molecule has 9 nitrogen and oxygen atoms in total. The first-order chi connectivity index (χ1) is 14.1. The SMILES string of the molecule is CC(=O)OC[C@@H]1O[C@@H](n2c(Cl)nc3cc(Cl)c(Cl)cc32)[C@H](OC(C)=O)[C@@H]1OC(C)=O. The van der Waals surface area contributed by atoms with Crippen molar-refractivity contribution in [1.82, 2.24) is 9.55 Å². The molecule has 1 aromatic carbocycles. The number of aromatic nitrogens is 2. The summed E-state index contributed by atoms with van der Waals surface area (Å²) < 4.78 is 23.2. The second-order valence-corrected chi connectivity index (χ2v) is 7.67. The second kappa shape index (κ2) is 8.97. The van der Waals surface area contributed by atoms with Crippen LogP contribution in [0, 0.1) is 0 Å². The third-order valence-electron chi connectivity index (χ3n) is 4.28. The molecule has 162 valence electrons. The van der Waals surface area contributed by atoms with E-state index in [4.69, 9.17) is 53.8 Å². The van der Waals surface area contributed by atoms with E-state index in [1.807, 2.05) is 0 Å². The predicted octanol–water partition coefficient (Wildman–Crippen LogP) is 3.32. The summed E-state index contributed by atoms with van der Waals surface area (Å²) in [6.45, 7) is 3.38. The summed E-state index contributed by atoms with van der Waals surface area (Å²) >= 11 is 18.5. The van der Waals surface area contributed by atoms with E-state index in [9.17, 15) is 14.4 Å². The molecule has 1 aromatic heterocycles. The Morgan fingerprint density at radius 1 is 1.00 bits per heavy atom. The molecular weight excluding hydrogens is 463 g/mol. The molecule has 0 aliphatic carbocycles. The number of carbonyl (C=O) groups is 3. The van der Waals surface area contributed by atoms with Crippen LogP contribution in [0.5, 0.6) is 0 Å². The van der Waals surface area contributed by atoms with Crippen LogP contribution in [0.1, 0.15) is 27.0 Å². The monoisotopic (exact) mass is 478 g/mol. The van der Waals surface area contributed by atoms with E-state index in [-0.39, 0.29) is 21.9 Å². The van der Waals surface area contributed by atoms with Crippen molar-refractivity contribution in [3.05, 3.63) is 27.5 Å². The molecule has 0 unspecified atom stereocenters.